The number of anilines is 1. The van der Waals surface area contributed by atoms with Crippen LogP contribution in [0.4, 0.5) is 5.69 Å². The fraction of sp³-hybridized carbons (Fsp3) is 0.556. The maximum absolute atomic E-state index is 13.2. The number of aliphatic imine (C=N–C) groups is 1. The maximum atomic E-state index is 13.2. The Morgan fingerprint density at radius 1 is 1.23 bits per heavy atom. The van der Waals surface area contributed by atoms with Crippen molar-refractivity contribution < 1.29 is 27.5 Å². The van der Waals surface area contributed by atoms with Gasteiger partial charge in [-0.05, 0) is 38.3 Å². The lowest BCUT2D eigenvalue weighted by Crippen LogP contribution is -2.41. The Bertz CT molecular complexity index is 1360. The molecule has 39 heavy (non-hydrogen) atoms. The number of hydrogen-bond donors (Lipinski definition) is 3. The molecule has 0 amide bonds. The van der Waals surface area contributed by atoms with Crippen LogP contribution >= 0.6 is 11.3 Å². The first kappa shape index (κ1) is 30.7. The SMILES string of the molecule is CCOC(=O)C1=C(Nc2c(C)sc(S(=O)(=O)N(CC)CC)c2O)C(N[C@@H](c2ccc(C)o2)C(C)(C)C)=NCC1. The van der Waals surface area contributed by atoms with Crippen LogP contribution in [-0.2, 0) is 19.6 Å². The quantitative estimate of drug-likeness (QED) is 0.331. The molecule has 216 valence electrons. The van der Waals surface area contributed by atoms with Crippen molar-refractivity contribution in [2.45, 2.75) is 72.1 Å². The summed E-state index contributed by atoms with van der Waals surface area (Å²) in [6.07, 6.45) is 0.320. The third kappa shape index (κ3) is 6.50. The van der Waals surface area contributed by atoms with Crippen molar-refractivity contribution in [3.8, 4) is 5.75 Å². The largest absolute Gasteiger partial charge is 0.504 e. The van der Waals surface area contributed by atoms with Gasteiger partial charge in [-0.1, -0.05) is 34.6 Å². The number of amidine groups is 1. The number of sulfonamides is 1. The maximum Gasteiger partial charge on any atom is 0.336 e. The van der Waals surface area contributed by atoms with Crippen LogP contribution < -0.4 is 10.6 Å². The van der Waals surface area contributed by atoms with Gasteiger partial charge in [0.2, 0.25) is 0 Å². The van der Waals surface area contributed by atoms with Gasteiger partial charge in [0.1, 0.15) is 17.4 Å². The van der Waals surface area contributed by atoms with E-state index in [1.807, 2.05) is 19.1 Å². The molecule has 0 aromatic carbocycles. The molecule has 10 nitrogen and oxygen atoms in total. The highest BCUT2D eigenvalue weighted by Crippen LogP contribution is 2.44. The summed E-state index contributed by atoms with van der Waals surface area (Å²) in [6.45, 7) is 16.1. The van der Waals surface area contributed by atoms with E-state index < -0.39 is 16.0 Å². The molecule has 3 N–H and O–H groups in total. The first-order chi connectivity index (χ1) is 18.3. The molecule has 3 rings (SSSR count). The highest BCUT2D eigenvalue weighted by molar-refractivity contribution is 7.91. The number of rotatable bonds is 10. The second kappa shape index (κ2) is 12.1. The topological polar surface area (TPSA) is 133 Å². The highest BCUT2D eigenvalue weighted by atomic mass is 32.2. The molecule has 0 saturated heterocycles. The normalized spacial score (nSPS) is 15.4. The smallest absolute Gasteiger partial charge is 0.336 e. The van der Waals surface area contributed by atoms with Crippen molar-refractivity contribution in [1.29, 1.82) is 0 Å². The fourth-order valence-electron chi connectivity index (χ4n) is 4.40. The number of nitrogens with one attached hydrogen (secondary N) is 2. The van der Waals surface area contributed by atoms with Crippen molar-refractivity contribution in [3.63, 3.8) is 0 Å². The molecule has 0 bridgehead atoms. The summed E-state index contributed by atoms with van der Waals surface area (Å²) in [6, 6.07) is 3.49. The molecule has 12 heteroatoms. The predicted octanol–water partition coefficient (Wildman–Crippen LogP) is 5.10. The number of carbonyl (C=O) groups is 1. The number of carbonyl (C=O) groups excluding carboxylic acids is 1. The van der Waals surface area contributed by atoms with Crippen molar-refractivity contribution in [2.75, 3.05) is 31.6 Å². The summed E-state index contributed by atoms with van der Waals surface area (Å²) in [7, 11) is -3.90. The minimum absolute atomic E-state index is 0.148. The number of aromatic hydroxyl groups is 1. The first-order valence-electron chi connectivity index (χ1n) is 13.1. The van der Waals surface area contributed by atoms with Crippen LogP contribution in [0.5, 0.6) is 5.75 Å². The zero-order chi connectivity index (χ0) is 29.1. The van der Waals surface area contributed by atoms with Crippen molar-refractivity contribution in [1.82, 2.24) is 9.62 Å². The van der Waals surface area contributed by atoms with Gasteiger partial charge in [0.15, 0.2) is 9.96 Å². The van der Waals surface area contributed by atoms with Crippen LogP contribution in [0.1, 0.15) is 70.4 Å². The number of esters is 1. The molecule has 1 aliphatic rings. The van der Waals surface area contributed by atoms with Crippen molar-refractivity contribution >= 4 is 38.9 Å². The Hall–Kier alpha value is -2.83. The van der Waals surface area contributed by atoms with Gasteiger partial charge in [0, 0.05) is 30.9 Å². The third-order valence-corrected chi connectivity index (χ3v) is 10.1. The van der Waals surface area contributed by atoms with E-state index in [2.05, 4.69) is 36.4 Å². The highest BCUT2D eigenvalue weighted by Gasteiger charge is 2.35. The molecule has 3 heterocycles. The number of nitrogens with zero attached hydrogens (tertiary/aromatic N) is 2. The van der Waals surface area contributed by atoms with Crippen molar-refractivity contribution in [2.24, 2.45) is 10.4 Å². The average Bonchev–Trinajstić information content (AvgIpc) is 3.41. The van der Waals surface area contributed by atoms with Gasteiger partial charge in [-0.2, -0.15) is 4.31 Å². The van der Waals surface area contributed by atoms with Gasteiger partial charge in [-0.15, -0.1) is 11.3 Å². The van der Waals surface area contributed by atoms with E-state index in [0.29, 0.717) is 40.7 Å². The monoisotopic (exact) mass is 580 g/mol. The molecule has 0 radical (unpaired) electrons. The van der Waals surface area contributed by atoms with E-state index in [0.717, 1.165) is 17.1 Å². The number of ether oxygens (including phenoxy) is 1. The molecular weight excluding hydrogens is 540 g/mol. The lowest BCUT2D eigenvalue weighted by Gasteiger charge is -2.33. The predicted molar refractivity (Wildman–Crippen MR) is 154 cm³/mol. The van der Waals surface area contributed by atoms with Crippen molar-refractivity contribution in [3.05, 3.63) is 39.8 Å². The summed E-state index contributed by atoms with van der Waals surface area (Å²) in [5.74, 6) is 0.996. The minimum Gasteiger partial charge on any atom is -0.504 e. The zero-order valence-electron chi connectivity index (χ0n) is 24.0. The zero-order valence-corrected chi connectivity index (χ0v) is 25.6. The first-order valence-corrected chi connectivity index (χ1v) is 15.4. The fourth-order valence-corrected chi connectivity index (χ4v) is 7.50. The average molecular weight is 581 g/mol. The van der Waals surface area contributed by atoms with E-state index in [1.165, 1.54) is 4.31 Å². The Morgan fingerprint density at radius 3 is 2.44 bits per heavy atom. The second-order valence-electron chi connectivity index (χ2n) is 10.3. The van der Waals surface area contributed by atoms with E-state index >= 15 is 0 Å². The van der Waals surface area contributed by atoms with E-state index in [1.54, 1.807) is 27.7 Å². The molecular formula is C27H40N4O6S2. The van der Waals surface area contributed by atoms with Crippen LogP contribution in [0.25, 0.3) is 0 Å². The molecule has 0 aliphatic carbocycles. The lowest BCUT2D eigenvalue weighted by atomic mass is 9.85. The molecule has 0 fully saturated rings. The van der Waals surface area contributed by atoms with Crippen LogP contribution in [0.3, 0.4) is 0 Å². The van der Waals surface area contributed by atoms with Gasteiger partial charge in [-0.3, -0.25) is 4.99 Å². The summed E-state index contributed by atoms with van der Waals surface area (Å²) in [4.78, 5) is 18.3. The molecule has 1 atom stereocenters. The molecule has 0 spiro atoms. The standard InChI is InChI=1S/C27H40N4O6S2/c1-9-31(10-2)39(34,35)26-22(32)20(17(5)38-26)29-21-18(25(33)36-11-3)14-15-28-24(21)30-23(27(6,7)8)19-13-12-16(4)37-19/h12-13,23,29,32H,9-11,14-15H2,1-8H3,(H,28,30)/t23-/m0/s1. The van der Waals surface area contributed by atoms with Crippen LogP contribution in [0, 0.1) is 19.3 Å². The Kier molecular flexibility index (Phi) is 9.56. The summed E-state index contributed by atoms with van der Waals surface area (Å²) in [5, 5.41) is 17.8. The van der Waals surface area contributed by atoms with Gasteiger partial charge >= 0.3 is 5.97 Å². The Morgan fingerprint density at radius 2 is 1.90 bits per heavy atom. The number of dihydropyridines is 1. The molecule has 1 aliphatic heterocycles. The number of aryl methyl sites for hydroxylation is 2. The lowest BCUT2D eigenvalue weighted by molar-refractivity contribution is -0.138. The number of thiophene rings is 1. The van der Waals surface area contributed by atoms with Gasteiger partial charge in [-0.25, -0.2) is 13.2 Å². The summed E-state index contributed by atoms with van der Waals surface area (Å²) < 4.78 is 38.9. The van der Waals surface area contributed by atoms with Crippen LogP contribution in [0.2, 0.25) is 0 Å². The number of hydrogen-bond acceptors (Lipinski definition) is 10. The number of furan rings is 1. The van der Waals surface area contributed by atoms with Gasteiger partial charge in [0.05, 0.1) is 29.6 Å². The van der Waals surface area contributed by atoms with Gasteiger partial charge < -0.3 is 24.9 Å². The van der Waals surface area contributed by atoms with E-state index in [4.69, 9.17) is 9.15 Å². The molecule has 0 saturated carbocycles. The third-order valence-electron chi connectivity index (χ3n) is 6.44. The van der Waals surface area contributed by atoms with E-state index in [9.17, 15) is 18.3 Å². The second-order valence-corrected chi connectivity index (χ2v) is 13.7. The molecule has 2 aromatic rings. The minimum atomic E-state index is -3.90. The summed E-state index contributed by atoms with van der Waals surface area (Å²) in [5.41, 5.74) is 0.598. The van der Waals surface area contributed by atoms with Crippen LogP contribution in [0.15, 0.2) is 37.0 Å². The van der Waals surface area contributed by atoms with E-state index in [-0.39, 0.29) is 46.8 Å². The Balaban J connectivity index is 2.11. The van der Waals surface area contributed by atoms with Crippen LogP contribution in [-0.4, -0.2) is 55.9 Å². The summed E-state index contributed by atoms with van der Waals surface area (Å²) >= 11 is 0.978. The molecule has 0 unspecified atom stereocenters. The molecule has 2 aromatic heterocycles. The Labute approximate surface area is 235 Å². The van der Waals surface area contributed by atoms with Gasteiger partial charge in [0.25, 0.3) is 10.0 Å².